The summed E-state index contributed by atoms with van der Waals surface area (Å²) in [7, 11) is 1.68. The molecule has 0 aliphatic rings. The molecule has 8 heteroatoms. The Morgan fingerprint density at radius 2 is 1.88 bits per heavy atom. The molecule has 0 aliphatic carbocycles. The summed E-state index contributed by atoms with van der Waals surface area (Å²) in [6, 6.07) is 12.4. The summed E-state index contributed by atoms with van der Waals surface area (Å²) >= 11 is 5.62. The molecule has 0 spiro atoms. The minimum Gasteiger partial charge on any atom is -0.492 e. The van der Waals surface area contributed by atoms with Gasteiger partial charge in [0.2, 0.25) is 5.91 Å². The number of rotatable bonds is 7. The van der Waals surface area contributed by atoms with Crippen LogP contribution in [0.25, 0.3) is 0 Å². The van der Waals surface area contributed by atoms with Gasteiger partial charge in [0.1, 0.15) is 12.4 Å². The van der Waals surface area contributed by atoms with E-state index in [0.29, 0.717) is 18.9 Å². The van der Waals surface area contributed by atoms with Gasteiger partial charge >= 0.3 is 6.18 Å². The van der Waals surface area contributed by atoms with Crippen molar-refractivity contribution in [3.05, 3.63) is 59.1 Å². The monoisotopic (exact) mass is 386 g/mol. The number of alkyl halides is 3. The van der Waals surface area contributed by atoms with Crippen molar-refractivity contribution in [3.63, 3.8) is 0 Å². The van der Waals surface area contributed by atoms with Gasteiger partial charge in [-0.2, -0.15) is 13.2 Å². The van der Waals surface area contributed by atoms with Crippen molar-refractivity contribution in [2.45, 2.75) is 6.18 Å². The fourth-order valence-electron chi connectivity index (χ4n) is 2.21. The Labute approximate surface area is 154 Å². The number of nitrogens with one attached hydrogen (secondary N) is 1. The Morgan fingerprint density at radius 3 is 2.54 bits per heavy atom. The number of halogens is 4. The van der Waals surface area contributed by atoms with Gasteiger partial charge in [-0.25, -0.2) is 0 Å². The molecule has 0 aromatic heterocycles. The predicted octanol–water partition coefficient (Wildman–Crippen LogP) is 4.31. The summed E-state index contributed by atoms with van der Waals surface area (Å²) in [6.07, 6.45) is -4.61. The van der Waals surface area contributed by atoms with E-state index in [1.165, 1.54) is 6.07 Å². The van der Waals surface area contributed by atoms with Crippen molar-refractivity contribution in [1.82, 2.24) is 4.90 Å². The van der Waals surface area contributed by atoms with Crippen LogP contribution in [-0.2, 0) is 11.0 Å². The molecule has 0 aliphatic heterocycles. The zero-order chi connectivity index (χ0) is 19.2. The van der Waals surface area contributed by atoms with E-state index in [1.54, 1.807) is 11.9 Å². The fraction of sp³-hybridized carbons (Fsp3) is 0.278. The van der Waals surface area contributed by atoms with E-state index < -0.39 is 17.6 Å². The van der Waals surface area contributed by atoms with Gasteiger partial charge in [0, 0.05) is 11.6 Å². The number of anilines is 1. The second-order valence-corrected chi connectivity index (χ2v) is 6.07. The van der Waals surface area contributed by atoms with Crippen molar-refractivity contribution in [2.75, 3.05) is 32.1 Å². The van der Waals surface area contributed by atoms with E-state index in [-0.39, 0.29) is 17.3 Å². The summed E-state index contributed by atoms with van der Waals surface area (Å²) in [5.41, 5.74) is -1.30. The van der Waals surface area contributed by atoms with E-state index in [1.807, 2.05) is 30.3 Å². The van der Waals surface area contributed by atoms with Gasteiger partial charge in [-0.15, -0.1) is 0 Å². The number of hydrogen-bond acceptors (Lipinski definition) is 3. The normalized spacial score (nSPS) is 11.5. The number of ether oxygens (including phenoxy) is 1. The Bertz CT molecular complexity index is 739. The lowest BCUT2D eigenvalue weighted by Gasteiger charge is -2.18. The summed E-state index contributed by atoms with van der Waals surface area (Å²) in [4.78, 5) is 13.7. The molecular formula is C18H18ClF3N2O2. The van der Waals surface area contributed by atoms with Crippen LogP contribution in [-0.4, -0.2) is 37.6 Å². The van der Waals surface area contributed by atoms with Crippen LogP contribution < -0.4 is 10.1 Å². The highest BCUT2D eigenvalue weighted by atomic mass is 35.5. The molecule has 0 bridgehead atoms. The van der Waals surface area contributed by atoms with Crippen LogP contribution >= 0.6 is 11.6 Å². The molecule has 0 heterocycles. The SMILES string of the molecule is CN(CCOc1ccccc1)CC(=O)Nc1ccc(Cl)cc1C(F)(F)F. The molecule has 4 nitrogen and oxygen atoms in total. The lowest BCUT2D eigenvalue weighted by atomic mass is 10.1. The molecule has 0 atom stereocenters. The first-order valence-electron chi connectivity index (χ1n) is 7.78. The number of benzene rings is 2. The van der Waals surface area contributed by atoms with E-state index in [9.17, 15) is 18.0 Å². The van der Waals surface area contributed by atoms with Crippen LogP contribution in [0, 0.1) is 0 Å². The summed E-state index contributed by atoms with van der Waals surface area (Å²) in [6.45, 7) is 0.718. The molecule has 2 aromatic carbocycles. The van der Waals surface area contributed by atoms with Crippen molar-refractivity contribution in [1.29, 1.82) is 0 Å². The third-order valence-electron chi connectivity index (χ3n) is 3.46. The molecule has 2 rings (SSSR count). The van der Waals surface area contributed by atoms with Gasteiger partial charge in [-0.1, -0.05) is 29.8 Å². The second-order valence-electron chi connectivity index (χ2n) is 5.64. The average Bonchev–Trinajstić information content (AvgIpc) is 2.56. The van der Waals surface area contributed by atoms with Crippen LogP contribution in [0.15, 0.2) is 48.5 Å². The number of carbonyl (C=O) groups excluding carboxylic acids is 1. The van der Waals surface area contributed by atoms with Crippen molar-refractivity contribution in [3.8, 4) is 5.75 Å². The average molecular weight is 387 g/mol. The molecular weight excluding hydrogens is 369 g/mol. The molecule has 0 unspecified atom stereocenters. The number of nitrogens with zero attached hydrogens (tertiary/aromatic N) is 1. The Morgan fingerprint density at radius 1 is 1.19 bits per heavy atom. The van der Waals surface area contributed by atoms with Crippen molar-refractivity contribution >= 4 is 23.2 Å². The third kappa shape index (κ3) is 6.24. The van der Waals surface area contributed by atoms with Crippen LogP contribution in [0.4, 0.5) is 18.9 Å². The van der Waals surface area contributed by atoms with E-state index in [0.717, 1.165) is 12.1 Å². The van der Waals surface area contributed by atoms with Crippen LogP contribution in [0.3, 0.4) is 0 Å². The lowest BCUT2D eigenvalue weighted by Crippen LogP contribution is -2.33. The van der Waals surface area contributed by atoms with Crippen LogP contribution in [0.2, 0.25) is 5.02 Å². The molecule has 0 fully saturated rings. The maximum atomic E-state index is 13.0. The number of carbonyl (C=O) groups is 1. The highest BCUT2D eigenvalue weighted by Crippen LogP contribution is 2.36. The fourth-order valence-corrected chi connectivity index (χ4v) is 2.38. The van der Waals surface area contributed by atoms with Gasteiger partial charge in [-0.3, -0.25) is 9.69 Å². The van der Waals surface area contributed by atoms with E-state index >= 15 is 0 Å². The Hall–Kier alpha value is -2.25. The maximum Gasteiger partial charge on any atom is 0.418 e. The Balaban J connectivity index is 1.86. The summed E-state index contributed by atoms with van der Waals surface area (Å²) in [5.74, 6) is 0.154. The van der Waals surface area contributed by atoms with E-state index in [4.69, 9.17) is 16.3 Å². The molecule has 26 heavy (non-hydrogen) atoms. The number of para-hydroxylation sites is 1. The zero-order valence-electron chi connectivity index (χ0n) is 14.0. The quantitative estimate of drug-likeness (QED) is 0.771. The molecule has 0 saturated heterocycles. The highest BCUT2D eigenvalue weighted by Gasteiger charge is 2.34. The zero-order valence-corrected chi connectivity index (χ0v) is 14.8. The van der Waals surface area contributed by atoms with Gasteiger partial charge in [0.15, 0.2) is 0 Å². The number of amides is 1. The minimum atomic E-state index is -4.61. The predicted molar refractivity (Wildman–Crippen MR) is 94.5 cm³/mol. The molecule has 0 saturated carbocycles. The van der Waals surface area contributed by atoms with Gasteiger partial charge in [-0.05, 0) is 37.4 Å². The summed E-state index contributed by atoms with van der Waals surface area (Å²) < 4.78 is 44.6. The third-order valence-corrected chi connectivity index (χ3v) is 3.69. The Kier molecular flexibility index (Phi) is 6.88. The van der Waals surface area contributed by atoms with Gasteiger partial charge in [0.25, 0.3) is 0 Å². The minimum absolute atomic E-state index is 0.0505. The molecule has 2 aromatic rings. The van der Waals surface area contributed by atoms with E-state index in [2.05, 4.69) is 5.32 Å². The van der Waals surface area contributed by atoms with Gasteiger partial charge in [0.05, 0.1) is 17.8 Å². The molecule has 1 N–H and O–H groups in total. The molecule has 140 valence electrons. The first-order valence-corrected chi connectivity index (χ1v) is 8.16. The largest absolute Gasteiger partial charge is 0.492 e. The molecule has 1 amide bonds. The first-order chi connectivity index (χ1) is 12.3. The smallest absolute Gasteiger partial charge is 0.418 e. The maximum absolute atomic E-state index is 13.0. The second kappa shape index (κ2) is 8.91. The topological polar surface area (TPSA) is 41.6 Å². The summed E-state index contributed by atoms with van der Waals surface area (Å²) in [5, 5.41) is 2.23. The van der Waals surface area contributed by atoms with Crippen molar-refractivity contribution in [2.24, 2.45) is 0 Å². The standard InChI is InChI=1S/C18H18ClF3N2O2/c1-24(9-10-26-14-5-3-2-4-6-14)12-17(25)23-16-8-7-13(19)11-15(16)18(20,21)22/h2-8,11H,9-10,12H2,1H3,(H,23,25). The number of likely N-dealkylation sites (N-methyl/N-ethyl adjacent to an activating group) is 1. The number of hydrogen-bond donors (Lipinski definition) is 1. The highest BCUT2D eigenvalue weighted by molar-refractivity contribution is 6.30. The van der Waals surface area contributed by atoms with Crippen LogP contribution in [0.5, 0.6) is 5.75 Å². The lowest BCUT2D eigenvalue weighted by molar-refractivity contribution is -0.137. The van der Waals surface area contributed by atoms with Crippen molar-refractivity contribution < 1.29 is 22.7 Å². The molecule has 0 radical (unpaired) electrons. The van der Waals surface area contributed by atoms with Gasteiger partial charge < -0.3 is 10.1 Å². The van der Waals surface area contributed by atoms with Crippen LogP contribution in [0.1, 0.15) is 5.56 Å². The first kappa shape index (κ1) is 20.1.